The van der Waals surface area contributed by atoms with Crippen LogP contribution in [0.25, 0.3) is 0 Å². The molecule has 0 aromatic heterocycles. The molecule has 0 saturated heterocycles. The molecule has 0 heterocycles. The predicted molar refractivity (Wildman–Crippen MR) is 55.9 cm³/mol. The molecule has 0 aromatic carbocycles. The van der Waals surface area contributed by atoms with Crippen LogP contribution in [0.1, 0.15) is 32.6 Å². The largest absolute Gasteiger partial charge is 0.480 e. The Morgan fingerprint density at radius 1 is 1.23 bits per heavy atom. The Kier molecular flexibility index (Phi) is 10.8. The Bertz CT molecular complexity index is 139. The molecular weight excluding hydrogens is 189 g/mol. The highest BCUT2D eigenvalue weighted by molar-refractivity contribution is 6.92. The van der Waals surface area contributed by atoms with Crippen molar-refractivity contribution in [3.63, 3.8) is 0 Å². The first kappa shape index (κ1) is 14.9. The van der Waals surface area contributed by atoms with Crippen molar-refractivity contribution < 1.29 is 14.7 Å². The zero-order valence-electron chi connectivity index (χ0n) is 8.01. The molecule has 1 saturated carbocycles. The summed E-state index contributed by atoms with van der Waals surface area (Å²) in [6, 6.07) is 0. The van der Waals surface area contributed by atoms with Gasteiger partial charge in [0.15, 0.2) is 0 Å². The smallest absolute Gasteiger partial charge is 0.322 e. The number of carbonyl (C=O) groups is 2. The lowest BCUT2D eigenvalue weighted by atomic mass is 10.0. The number of hydrogen-bond donors (Lipinski definition) is 2. The molecule has 0 aromatic rings. The second kappa shape index (κ2) is 9.46. The van der Waals surface area contributed by atoms with Gasteiger partial charge in [0, 0.05) is 6.92 Å². The predicted octanol–water partition coefficient (Wildman–Crippen LogP) is 0.826. The van der Waals surface area contributed by atoms with Crippen LogP contribution in [0, 0.1) is 0 Å². The standard InChI is InChI=1S/C4H7NO3.C4H8.H3P/c1-3(6)5-2-4(7)8;1-2-4-3-1;/h2H2,1H3,(H,5,6)(H,7,8);1-4H2;1H3. The maximum atomic E-state index is 9.97. The van der Waals surface area contributed by atoms with Gasteiger partial charge in [0.25, 0.3) is 0 Å². The lowest BCUT2D eigenvalue weighted by Gasteiger charge is -2.05. The first-order valence-electron chi connectivity index (χ1n) is 4.09. The number of carboxylic acids is 1. The minimum atomic E-state index is -1.03. The number of rotatable bonds is 2. The van der Waals surface area contributed by atoms with Crippen LogP contribution in [-0.4, -0.2) is 23.5 Å². The van der Waals surface area contributed by atoms with Crippen LogP contribution in [0.3, 0.4) is 0 Å². The first-order valence-corrected chi connectivity index (χ1v) is 4.09. The van der Waals surface area contributed by atoms with Crippen LogP contribution in [0.5, 0.6) is 0 Å². The van der Waals surface area contributed by atoms with E-state index in [1.165, 1.54) is 32.6 Å². The van der Waals surface area contributed by atoms with Crippen molar-refractivity contribution in [2.45, 2.75) is 32.6 Å². The van der Waals surface area contributed by atoms with Gasteiger partial charge in [-0.3, -0.25) is 9.59 Å². The highest BCUT2D eigenvalue weighted by Gasteiger charge is 1.95. The monoisotopic (exact) mass is 207 g/mol. The van der Waals surface area contributed by atoms with Crippen molar-refractivity contribution in [1.82, 2.24) is 5.32 Å². The fraction of sp³-hybridized carbons (Fsp3) is 0.750. The molecule has 5 heteroatoms. The Balaban J connectivity index is 0. The number of hydrogen-bond acceptors (Lipinski definition) is 2. The van der Waals surface area contributed by atoms with Gasteiger partial charge in [0.05, 0.1) is 0 Å². The summed E-state index contributed by atoms with van der Waals surface area (Å²) < 4.78 is 0. The zero-order valence-corrected chi connectivity index (χ0v) is 9.42. The van der Waals surface area contributed by atoms with Gasteiger partial charge in [-0.2, -0.15) is 9.90 Å². The summed E-state index contributed by atoms with van der Waals surface area (Å²) in [5.74, 6) is -1.35. The normalized spacial score (nSPS) is 12.4. The highest BCUT2D eigenvalue weighted by atomic mass is 31.0. The minimum Gasteiger partial charge on any atom is -0.480 e. The van der Waals surface area contributed by atoms with E-state index >= 15 is 0 Å². The van der Waals surface area contributed by atoms with E-state index in [2.05, 4.69) is 5.32 Å². The molecule has 1 aliphatic carbocycles. The van der Waals surface area contributed by atoms with E-state index in [0.717, 1.165) is 0 Å². The number of aliphatic carboxylic acids is 1. The molecular formula is C8H18NO3P. The molecule has 78 valence electrons. The van der Waals surface area contributed by atoms with E-state index < -0.39 is 5.97 Å². The van der Waals surface area contributed by atoms with Gasteiger partial charge in [0.2, 0.25) is 5.91 Å². The third-order valence-corrected chi connectivity index (χ3v) is 1.49. The quantitative estimate of drug-likeness (QED) is 0.659. The first-order chi connectivity index (χ1) is 5.63. The maximum absolute atomic E-state index is 9.97. The molecule has 0 radical (unpaired) electrons. The number of carboxylic acid groups (broad SMARTS) is 1. The Morgan fingerprint density at radius 2 is 1.62 bits per heavy atom. The fourth-order valence-electron chi connectivity index (χ4n) is 0.450. The van der Waals surface area contributed by atoms with E-state index in [1.807, 2.05) is 0 Å². The van der Waals surface area contributed by atoms with Crippen LogP contribution in [0.2, 0.25) is 0 Å². The Hall–Kier alpha value is -0.630. The lowest BCUT2D eigenvalue weighted by molar-refractivity contribution is -0.137. The molecule has 1 rings (SSSR count). The van der Waals surface area contributed by atoms with E-state index in [-0.39, 0.29) is 22.4 Å². The van der Waals surface area contributed by atoms with Crippen LogP contribution in [0.15, 0.2) is 0 Å². The summed E-state index contributed by atoms with van der Waals surface area (Å²) in [6.07, 6.45) is 6.00. The molecule has 2 N–H and O–H groups in total. The minimum absolute atomic E-state index is 0. The van der Waals surface area contributed by atoms with Crippen LogP contribution in [-0.2, 0) is 9.59 Å². The van der Waals surface area contributed by atoms with Crippen LogP contribution in [0.4, 0.5) is 0 Å². The van der Waals surface area contributed by atoms with Crippen molar-refractivity contribution >= 4 is 21.8 Å². The molecule has 1 unspecified atom stereocenters. The number of carbonyl (C=O) groups excluding carboxylic acids is 1. The SMILES string of the molecule is C1CCC1.CC(=O)NCC(=O)O.P. The summed E-state index contributed by atoms with van der Waals surface area (Å²) in [7, 11) is 0. The molecule has 0 bridgehead atoms. The summed E-state index contributed by atoms with van der Waals surface area (Å²) in [5.41, 5.74) is 0. The lowest BCUT2D eigenvalue weighted by Crippen LogP contribution is -2.26. The molecule has 0 spiro atoms. The molecule has 1 fully saturated rings. The van der Waals surface area contributed by atoms with E-state index in [0.29, 0.717) is 0 Å². The molecule has 1 atom stereocenters. The highest BCUT2D eigenvalue weighted by Crippen LogP contribution is 2.15. The zero-order chi connectivity index (χ0) is 9.40. The van der Waals surface area contributed by atoms with Gasteiger partial charge < -0.3 is 10.4 Å². The van der Waals surface area contributed by atoms with Gasteiger partial charge in [-0.25, -0.2) is 0 Å². The maximum Gasteiger partial charge on any atom is 0.322 e. The summed E-state index contributed by atoms with van der Waals surface area (Å²) in [5, 5.41) is 10.1. The van der Waals surface area contributed by atoms with Crippen molar-refractivity contribution in [2.75, 3.05) is 6.54 Å². The van der Waals surface area contributed by atoms with E-state index in [9.17, 15) is 9.59 Å². The average Bonchev–Trinajstić information content (AvgIpc) is 1.79. The van der Waals surface area contributed by atoms with E-state index in [1.54, 1.807) is 0 Å². The van der Waals surface area contributed by atoms with Crippen molar-refractivity contribution in [1.29, 1.82) is 0 Å². The summed E-state index contributed by atoms with van der Waals surface area (Å²) >= 11 is 0. The van der Waals surface area contributed by atoms with Crippen LogP contribution >= 0.6 is 9.90 Å². The van der Waals surface area contributed by atoms with Gasteiger partial charge in [0.1, 0.15) is 6.54 Å². The third kappa shape index (κ3) is 14.2. The molecule has 1 amide bonds. The third-order valence-electron chi connectivity index (χ3n) is 1.49. The second-order valence-corrected chi connectivity index (χ2v) is 2.72. The molecule has 13 heavy (non-hydrogen) atoms. The fourth-order valence-corrected chi connectivity index (χ4v) is 0.450. The number of amides is 1. The van der Waals surface area contributed by atoms with Gasteiger partial charge >= 0.3 is 5.97 Å². The molecule has 0 aliphatic heterocycles. The molecule has 4 nitrogen and oxygen atoms in total. The van der Waals surface area contributed by atoms with Crippen molar-refractivity contribution in [3.8, 4) is 0 Å². The number of nitrogens with one attached hydrogen (secondary N) is 1. The van der Waals surface area contributed by atoms with Gasteiger partial charge in [-0.05, 0) is 0 Å². The Morgan fingerprint density at radius 3 is 1.69 bits per heavy atom. The average molecular weight is 207 g/mol. The van der Waals surface area contributed by atoms with Crippen molar-refractivity contribution in [3.05, 3.63) is 0 Å². The van der Waals surface area contributed by atoms with Gasteiger partial charge in [-0.1, -0.05) is 25.7 Å². The summed E-state index contributed by atoms with van der Waals surface area (Å²) in [4.78, 5) is 19.7. The Labute approximate surface area is 81.7 Å². The van der Waals surface area contributed by atoms with E-state index in [4.69, 9.17) is 5.11 Å². The van der Waals surface area contributed by atoms with Crippen LogP contribution < -0.4 is 5.32 Å². The van der Waals surface area contributed by atoms with Gasteiger partial charge in [-0.15, -0.1) is 0 Å². The topological polar surface area (TPSA) is 66.4 Å². The van der Waals surface area contributed by atoms with Crippen molar-refractivity contribution in [2.24, 2.45) is 0 Å². The molecule has 1 aliphatic rings. The second-order valence-electron chi connectivity index (χ2n) is 2.72. The summed E-state index contributed by atoms with van der Waals surface area (Å²) in [6.45, 7) is 0.971.